The summed E-state index contributed by atoms with van der Waals surface area (Å²) in [5, 5.41) is 3.46. The number of halogens is 1. The Labute approximate surface area is 182 Å². The molecule has 6 nitrogen and oxygen atoms in total. The highest BCUT2D eigenvalue weighted by molar-refractivity contribution is 6.30. The second-order valence-electron chi connectivity index (χ2n) is 8.90. The number of amides is 2. The number of pyridine rings is 2. The number of hydrogen-bond acceptors (Lipinski definition) is 4. The molecule has 0 bridgehead atoms. The summed E-state index contributed by atoms with van der Waals surface area (Å²) in [6.07, 6.45) is 8.98. The second kappa shape index (κ2) is 8.34. The molecule has 0 unspecified atom stereocenters. The predicted molar refractivity (Wildman–Crippen MR) is 117 cm³/mol. The molecule has 0 spiro atoms. The van der Waals surface area contributed by atoms with Crippen LogP contribution in [0, 0.1) is 11.8 Å². The van der Waals surface area contributed by atoms with Gasteiger partial charge in [0.25, 0.3) is 5.91 Å². The average molecular weight is 427 g/mol. The predicted octanol–water partition coefficient (Wildman–Crippen LogP) is 3.99. The largest absolute Gasteiger partial charge is 0.352 e. The van der Waals surface area contributed by atoms with Crippen molar-refractivity contribution >= 4 is 29.2 Å². The molecule has 3 heterocycles. The molecule has 158 valence electrons. The van der Waals surface area contributed by atoms with E-state index in [0.717, 1.165) is 43.6 Å². The Kier molecular flexibility index (Phi) is 5.78. The number of carbonyl (C=O) groups is 2. The average Bonchev–Trinajstić information content (AvgIpc) is 2.94. The fraction of sp³-hybridized carbons (Fsp3) is 0.478. The van der Waals surface area contributed by atoms with E-state index in [-0.39, 0.29) is 11.8 Å². The van der Waals surface area contributed by atoms with E-state index in [4.69, 9.17) is 11.6 Å². The maximum Gasteiger partial charge on any atom is 0.252 e. The molecular formula is C23H27ClN4O2. The zero-order chi connectivity index (χ0) is 21.3. The van der Waals surface area contributed by atoms with Gasteiger partial charge in [0.15, 0.2) is 0 Å². The van der Waals surface area contributed by atoms with Gasteiger partial charge in [-0.15, -0.1) is 0 Å². The van der Waals surface area contributed by atoms with Crippen LogP contribution < -0.4 is 10.2 Å². The summed E-state index contributed by atoms with van der Waals surface area (Å²) < 4.78 is 0. The van der Waals surface area contributed by atoms with Gasteiger partial charge in [0, 0.05) is 37.2 Å². The summed E-state index contributed by atoms with van der Waals surface area (Å²) in [6, 6.07) is 5.53. The lowest BCUT2D eigenvalue weighted by Gasteiger charge is -2.31. The SMILES string of the molecule is CC1(C)C(=O)N(CC2CCC(CNC(=O)c3cncc(Cl)c3)CC2)c2ncccc21. The molecule has 0 aromatic carbocycles. The molecule has 2 aromatic heterocycles. The Hall–Kier alpha value is -2.47. The Balaban J connectivity index is 1.29. The van der Waals surface area contributed by atoms with Crippen molar-refractivity contribution in [1.82, 2.24) is 15.3 Å². The first-order valence-electron chi connectivity index (χ1n) is 10.5. The molecule has 1 saturated carbocycles. The molecule has 2 amide bonds. The Bertz CT molecular complexity index is 954. The summed E-state index contributed by atoms with van der Waals surface area (Å²) >= 11 is 5.91. The molecule has 1 aliphatic carbocycles. The summed E-state index contributed by atoms with van der Waals surface area (Å²) in [4.78, 5) is 35.6. The Morgan fingerprint density at radius 1 is 1.23 bits per heavy atom. The van der Waals surface area contributed by atoms with Crippen LogP contribution in [0.1, 0.15) is 55.5 Å². The van der Waals surface area contributed by atoms with E-state index in [1.54, 1.807) is 12.3 Å². The van der Waals surface area contributed by atoms with Crippen LogP contribution in [-0.4, -0.2) is 34.9 Å². The van der Waals surface area contributed by atoms with E-state index < -0.39 is 5.41 Å². The van der Waals surface area contributed by atoms with Crippen molar-refractivity contribution < 1.29 is 9.59 Å². The van der Waals surface area contributed by atoms with Gasteiger partial charge in [0.2, 0.25) is 5.91 Å². The standard InChI is InChI=1S/C23H27ClN4O2/c1-23(2)19-4-3-9-26-20(19)28(22(23)30)14-16-7-5-15(6-8-16)11-27-21(29)17-10-18(24)13-25-12-17/h3-4,9-10,12-13,15-16H,5-8,11,14H2,1-2H3,(H,27,29). The van der Waals surface area contributed by atoms with Gasteiger partial charge in [-0.05, 0) is 63.5 Å². The number of rotatable bonds is 5. The lowest BCUT2D eigenvalue weighted by atomic mass is 9.81. The van der Waals surface area contributed by atoms with E-state index in [1.165, 1.54) is 12.4 Å². The highest BCUT2D eigenvalue weighted by Gasteiger charge is 2.45. The van der Waals surface area contributed by atoms with Crippen LogP contribution in [0.5, 0.6) is 0 Å². The lowest BCUT2D eigenvalue weighted by molar-refractivity contribution is -0.122. The molecule has 1 aliphatic heterocycles. The van der Waals surface area contributed by atoms with Crippen LogP contribution >= 0.6 is 11.6 Å². The minimum atomic E-state index is -0.514. The fourth-order valence-electron chi connectivity index (χ4n) is 4.57. The van der Waals surface area contributed by atoms with Crippen molar-refractivity contribution in [1.29, 1.82) is 0 Å². The quantitative estimate of drug-likeness (QED) is 0.784. The van der Waals surface area contributed by atoms with E-state index in [9.17, 15) is 9.59 Å². The first kappa shape index (κ1) is 20.8. The third kappa shape index (κ3) is 4.06. The fourth-order valence-corrected chi connectivity index (χ4v) is 4.74. The number of nitrogens with zero attached hydrogens (tertiary/aromatic N) is 3. The van der Waals surface area contributed by atoms with Crippen LogP contribution in [0.4, 0.5) is 5.82 Å². The van der Waals surface area contributed by atoms with Crippen molar-refractivity contribution in [3.8, 4) is 0 Å². The van der Waals surface area contributed by atoms with Crippen molar-refractivity contribution in [2.45, 2.75) is 44.9 Å². The molecule has 2 aromatic rings. The number of aromatic nitrogens is 2. The van der Waals surface area contributed by atoms with Crippen molar-refractivity contribution in [2.75, 3.05) is 18.0 Å². The molecule has 7 heteroatoms. The number of hydrogen-bond donors (Lipinski definition) is 1. The first-order valence-corrected chi connectivity index (χ1v) is 10.9. The summed E-state index contributed by atoms with van der Waals surface area (Å²) in [7, 11) is 0. The summed E-state index contributed by atoms with van der Waals surface area (Å²) in [6.45, 7) is 5.33. The number of fused-ring (bicyclic) bond motifs is 1. The Morgan fingerprint density at radius 3 is 2.70 bits per heavy atom. The van der Waals surface area contributed by atoms with Crippen molar-refractivity contribution in [3.63, 3.8) is 0 Å². The lowest BCUT2D eigenvalue weighted by Crippen LogP contribution is -2.40. The van der Waals surface area contributed by atoms with Gasteiger partial charge < -0.3 is 5.32 Å². The highest BCUT2D eigenvalue weighted by atomic mass is 35.5. The van der Waals surface area contributed by atoms with Gasteiger partial charge in [0.1, 0.15) is 5.82 Å². The Morgan fingerprint density at radius 2 is 1.97 bits per heavy atom. The third-order valence-electron chi connectivity index (χ3n) is 6.42. The van der Waals surface area contributed by atoms with Gasteiger partial charge in [-0.2, -0.15) is 0 Å². The smallest absolute Gasteiger partial charge is 0.252 e. The summed E-state index contributed by atoms with van der Waals surface area (Å²) in [5.41, 5.74) is 0.986. The zero-order valence-corrected chi connectivity index (χ0v) is 18.2. The maximum atomic E-state index is 13.0. The van der Waals surface area contributed by atoms with E-state index >= 15 is 0 Å². The topological polar surface area (TPSA) is 75.2 Å². The van der Waals surface area contributed by atoms with Crippen LogP contribution in [0.25, 0.3) is 0 Å². The van der Waals surface area contributed by atoms with E-state index in [2.05, 4.69) is 15.3 Å². The minimum absolute atomic E-state index is 0.139. The highest BCUT2D eigenvalue weighted by Crippen LogP contribution is 2.41. The monoisotopic (exact) mass is 426 g/mol. The van der Waals surface area contributed by atoms with Crippen LogP contribution in [0.3, 0.4) is 0 Å². The zero-order valence-electron chi connectivity index (χ0n) is 17.4. The number of carbonyl (C=O) groups excluding carboxylic acids is 2. The van der Waals surface area contributed by atoms with Gasteiger partial charge in [-0.1, -0.05) is 17.7 Å². The van der Waals surface area contributed by atoms with Crippen LogP contribution in [-0.2, 0) is 10.2 Å². The van der Waals surface area contributed by atoms with Gasteiger partial charge in [-0.25, -0.2) is 4.98 Å². The molecule has 4 rings (SSSR count). The molecule has 0 saturated heterocycles. The normalized spacial score (nSPS) is 22.6. The minimum Gasteiger partial charge on any atom is -0.352 e. The molecular weight excluding hydrogens is 400 g/mol. The van der Waals surface area contributed by atoms with Gasteiger partial charge >= 0.3 is 0 Å². The van der Waals surface area contributed by atoms with Crippen molar-refractivity contribution in [3.05, 3.63) is 52.9 Å². The first-order chi connectivity index (χ1) is 14.4. The molecule has 1 fully saturated rings. The molecule has 1 N–H and O–H groups in total. The molecule has 30 heavy (non-hydrogen) atoms. The van der Waals surface area contributed by atoms with E-state index in [1.807, 2.05) is 30.9 Å². The number of anilines is 1. The van der Waals surface area contributed by atoms with Crippen LogP contribution in [0.15, 0.2) is 36.8 Å². The second-order valence-corrected chi connectivity index (χ2v) is 9.34. The maximum absolute atomic E-state index is 13.0. The number of nitrogens with one attached hydrogen (secondary N) is 1. The van der Waals surface area contributed by atoms with Crippen molar-refractivity contribution in [2.24, 2.45) is 11.8 Å². The molecule has 0 radical (unpaired) electrons. The van der Waals surface area contributed by atoms with Gasteiger partial charge in [0.05, 0.1) is 16.0 Å². The van der Waals surface area contributed by atoms with Crippen LogP contribution in [0.2, 0.25) is 5.02 Å². The third-order valence-corrected chi connectivity index (χ3v) is 6.63. The summed E-state index contributed by atoms with van der Waals surface area (Å²) in [5.74, 6) is 1.73. The van der Waals surface area contributed by atoms with Gasteiger partial charge in [-0.3, -0.25) is 19.5 Å². The molecule has 2 aliphatic rings. The van der Waals surface area contributed by atoms with E-state index in [0.29, 0.717) is 29.0 Å². The molecule has 0 atom stereocenters.